The fourth-order valence-corrected chi connectivity index (χ4v) is 4.83. The summed E-state index contributed by atoms with van der Waals surface area (Å²) in [6.07, 6.45) is 7.04. The molecule has 0 spiro atoms. The summed E-state index contributed by atoms with van der Waals surface area (Å²) in [6.45, 7) is 12.7. The average Bonchev–Trinajstić information content (AvgIpc) is 3.27. The third-order valence-corrected chi connectivity index (χ3v) is 6.72. The predicted molar refractivity (Wildman–Crippen MR) is 133 cm³/mol. The van der Waals surface area contributed by atoms with E-state index >= 15 is 0 Å². The number of carbonyl (C=O) groups is 1. The van der Waals surface area contributed by atoms with Crippen LogP contribution in [-0.4, -0.2) is 53.0 Å². The number of allylic oxidation sites excluding steroid dienone is 2. The quantitative estimate of drug-likeness (QED) is 0.524. The SMILES string of the molecule is C=C/C=C(\C=C)CNc1ncnc2cc(-c3ccc(C(=O)N4CCNCC4C)cc3)sc12. The van der Waals surface area contributed by atoms with E-state index in [9.17, 15) is 4.79 Å². The van der Waals surface area contributed by atoms with Gasteiger partial charge >= 0.3 is 0 Å². The number of hydrogen-bond acceptors (Lipinski definition) is 6. The third-order valence-electron chi connectivity index (χ3n) is 5.54. The number of piperazine rings is 1. The highest BCUT2D eigenvalue weighted by Crippen LogP contribution is 2.35. The highest BCUT2D eigenvalue weighted by atomic mass is 32.1. The minimum Gasteiger partial charge on any atom is -0.365 e. The number of fused-ring (bicyclic) bond motifs is 1. The van der Waals surface area contributed by atoms with E-state index in [2.05, 4.69) is 46.7 Å². The van der Waals surface area contributed by atoms with Crippen molar-refractivity contribution in [1.29, 1.82) is 0 Å². The maximum Gasteiger partial charge on any atom is 0.254 e. The number of carbonyl (C=O) groups excluding carboxylic acids is 1. The zero-order valence-corrected chi connectivity index (χ0v) is 19.0. The minimum absolute atomic E-state index is 0.0878. The fourth-order valence-electron chi connectivity index (χ4n) is 3.74. The van der Waals surface area contributed by atoms with E-state index < -0.39 is 0 Å². The molecule has 7 heteroatoms. The molecule has 1 aromatic carbocycles. The summed E-state index contributed by atoms with van der Waals surface area (Å²) in [5.74, 6) is 0.882. The number of thiophene rings is 1. The van der Waals surface area contributed by atoms with Crippen molar-refractivity contribution < 1.29 is 4.79 Å². The van der Waals surface area contributed by atoms with Gasteiger partial charge in [-0.15, -0.1) is 11.3 Å². The molecule has 1 unspecified atom stereocenters. The number of aromatic nitrogens is 2. The topological polar surface area (TPSA) is 70.2 Å². The second-order valence-electron chi connectivity index (χ2n) is 7.71. The van der Waals surface area contributed by atoms with E-state index in [0.29, 0.717) is 6.54 Å². The van der Waals surface area contributed by atoms with E-state index in [1.165, 1.54) is 0 Å². The highest BCUT2D eigenvalue weighted by molar-refractivity contribution is 7.22. The van der Waals surface area contributed by atoms with E-state index in [1.807, 2.05) is 35.2 Å². The molecule has 3 aromatic rings. The van der Waals surface area contributed by atoms with Gasteiger partial charge in [-0.05, 0) is 36.3 Å². The van der Waals surface area contributed by atoms with E-state index in [-0.39, 0.29) is 11.9 Å². The van der Waals surface area contributed by atoms with Crippen LogP contribution in [0.15, 0.2) is 73.6 Å². The Balaban J connectivity index is 1.55. The lowest BCUT2D eigenvalue weighted by Gasteiger charge is -2.34. The first-order valence-corrected chi connectivity index (χ1v) is 11.5. The monoisotopic (exact) mass is 445 g/mol. The van der Waals surface area contributed by atoms with Gasteiger partial charge in [0.2, 0.25) is 0 Å². The molecule has 1 amide bonds. The molecule has 0 aliphatic carbocycles. The standard InChI is InChI=1S/C25H27N5OS/c1-4-6-18(5-2)15-27-24-23-21(28-16-29-24)13-22(32-23)19-7-9-20(10-8-19)25(31)30-12-11-26-14-17(30)3/h4-10,13,16-17,26H,1-2,11-12,14-15H2,3H3,(H,27,28,29)/b18-6+. The molecule has 6 nitrogen and oxygen atoms in total. The van der Waals surface area contributed by atoms with Crippen molar-refractivity contribution >= 4 is 33.3 Å². The summed E-state index contributed by atoms with van der Waals surface area (Å²) in [4.78, 5) is 24.8. The van der Waals surface area contributed by atoms with Gasteiger partial charge in [-0.3, -0.25) is 4.79 Å². The zero-order valence-electron chi connectivity index (χ0n) is 18.2. The first-order valence-electron chi connectivity index (χ1n) is 10.6. The van der Waals surface area contributed by atoms with Crippen molar-refractivity contribution in [3.05, 3.63) is 79.2 Å². The minimum atomic E-state index is 0.0878. The number of hydrogen-bond donors (Lipinski definition) is 2. The van der Waals surface area contributed by atoms with Gasteiger partial charge in [0.25, 0.3) is 5.91 Å². The average molecular weight is 446 g/mol. The maximum atomic E-state index is 12.9. The highest BCUT2D eigenvalue weighted by Gasteiger charge is 2.24. The molecule has 1 atom stereocenters. The summed E-state index contributed by atoms with van der Waals surface area (Å²) < 4.78 is 0.999. The van der Waals surface area contributed by atoms with Crippen molar-refractivity contribution in [2.75, 3.05) is 31.5 Å². The molecule has 1 aliphatic heterocycles. The molecule has 32 heavy (non-hydrogen) atoms. The predicted octanol–water partition coefficient (Wildman–Crippen LogP) is 4.50. The van der Waals surface area contributed by atoms with E-state index in [1.54, 1.807) is 29.8 Å². The van der Waals surface area contributed by atoms with Gasteiger partial charge in [0.05, 0.1) is 10.2 Å². The Morgan fingerprint density at radius 1 is 1.31 bits per heavy atom. The molecule has 3 heterocycles. The van der Waals surface area contributed by atoms with Crippen molar-refractivity contribution in [3.63, 3.8) is 0 Å². The van der Waals surface area contributed by atoms with Crippen LogP contribution >= 0.6 is 11.3 Å². The molecular weight excluding hydrogens is 418 g/mol. The normalized spacial score (nSPS) is 16.7. The first kappa shape index (κ1) is 21.9. The van der Waals surface area contributed by atoms with Crippen LogP contribution in [0.25, 0.3) is 20.7 Å². The Morgan fingerprint density at radius 3 is 2.84 bits per heavy atom. The lowest BCUT2D eigenvalue weighted by atomic mass is 10.1. The van der Waals surface area contributed by atoms with Gasteiger partial charge in [0, 0.05) is 42.7 Å². The number of nitrogens with zero attached hydrogens (tertiary/aromatic N) is 3. The van der Waals surface area contributed by atoms with Crippen LogP contribution in [0.3, 0.4) is 0 Å². The van der Waals surface area contributed by atoms with Crippen LogP contribution in [0.2, 0.25) is 0 Å². The van der Waals surface area contributed by atoms with Crippen molar-refractivity contribution in [2.24, 2.45) is 0 Å². The van der Waals surface area contributed by atoms with E-state index in [4.69, 9.17) is 0 Å². The van der Waals surface area contributed by atoms with E-state index in [0.717, 1.165) is 57.2 Å². The van der Waals surface area contributed by atoms with Crippen LogP contribution in [0.1, 0.15) is 17.3 Å². The van der Waals surface area contributed by atoms with Gasteiger partial charge in [0.1, 0.15) is 12.1 Å². The Bertz CT molecular complexity index is 1160. The molecule has 2 aromatic heterocycles. The molecule has 1 aliphatic rings. The number of rotatable bonds is 7. The summed E-state index contributed by atoms with van der Waals surface area (Å²) in [5.41, 5.74) is 3.70. The van der Waals surface area contributed by atoms with Crippen LogP contribution < -0.4 is 10.6 Å². The Kier molecular flexibility index (Phi) is 6.78. The molecule has 164 valence electrons. The van der Waals surface area contributed by atoms with Crippen molar-refractivity contribution in [1.82, 2.24) is 20.2 Å². The molecule has 0 radical (unpaired) electrons. The van der Waals surface area contributed by atoms with Gasteiger partial charge < -0.3 is 15.5 Å². The Labute approximate surface area is 192 Å². The molecule has 0 saturated carbocycles. The number of nitrogens with one attached hydrogen (secondary N) is 2. The molecule has 2 N–H and O–H groups in total. The van der Waals surface area contributed by atoms with Gasteiger partial charge in [0.15, 0.2) is 0 Å². The lowest BCUT2D eigenvalue weighted by molar-refractivity contribution is 0.0656. The summed E-state index contributed by atoms with van der Waals surface area (Å²) in [5, 5.41) is 6.69. The molecule has 0 bridgehead atoms. The Morgan fingerprint density at radius 2 is 2.12 bits per heavy atom. The summed E-state index contributed by atoms with van der Waals surface area (Å²) >= 11 is 1.64. The molecular formula is C25H27N5OS. The number of anilines is 1. The third kappa shape index (κ3) is 4.64. The van der Waals surface area contributed by atoms with Gasteiger partial charge in [-0.1, -0.05) is 43.5 Å². The van der Waals surface area contributed by atoms with Crippen molar-refractivity contribution in [3.8, 4) is 10.4 Å². The van der Waals surface area contributed by atoms with Gasteiger partial charge in [-0.2, -0.15) is 0 Å². The second-order valence-corrected chi connectivity index (χ2v) is 8.76. The molecule has 1 fully saturated rings. The second kappa shape index (κ2) is 9.89. The zero-order chi connectivity index (χ0) is 22.5. The first-order chi connectivity index (χ1) is 15.6. The lowest BCUT2D eigenvalue weighted by Crippen LogP contribution is -2.52. The van der Waals surface area contributed by atoms with Gasteiger partial charge in [-0.25, -0.2) is 9.97 Å². The number of benzene rings is 1. The van der Waals surface area contributed by atoms with Crippen LogP contribution in [0, 0.1) is 0 Å². The fraction of sp³-hybridized carbons (Fsp3) is 0.240. The molecule has 1 saturated heterocycles. The molecule has 4 rings (SSSR count). The van der Waals surface area contributed by atoms with Crippen LogP contribution in [0.4, 0.5) is 5.82 Å². The number of amides is 1. The Hall–Kier alpha value is -3.29. The summed E-state index contributed by atoms with van der Waals surface area (Å²) in [7, 11) is 0. The largest absolute Gasteiger partial charge is 0.365 e. The van der Waals surface area contributed by atoms with Crippen molar-refractivity contribution in [2.45, 2.75) is 13.0 Å². The summed E-state index contributed by atoms with van der Waals surface area (Å²) in [6, 6.07) is 10.1. The van der Waals surface area contributed by atoms with Crippen LogP contribution in [0.5, 0.6) is 0 Å². The smallest absolute Gasteiger partial charge is 0.254 e. The maximum absolute atomic E-state index is 12.9. The van der Waals surface area contributed by atoms with Crippen LogP contribution in [-0.2, 0) is 0 Å².